The predicted octanol–water partition coefficient (Wildman–Crippen LogP) is 3.47. The SMILES string of the molecule is CC(C)(C)[S+]([O-])N[C@@H](c1cncc(Cl)c1)[C@]1(O)CC[C@H](F)CC1. The Morgan fingerprint density at radius 2 is 2.04 bits per heavy atom. The molecule has 1 aliphatic carbocycles. The molecule has 2 rings (SSSR count). The van der Waals surface area contributed by atoms with Crippen LogP contribution in [0.3, 0.4) is 0 Å². The van der Waals surface area contributed by atoms with Gasteiger partial charge in [-0.3, -0.25) is 4.98 Å². The highest BCUT2D eigenvalue weighted by molar-refractivity contribution is 7.90. The first-order valence-electron chi connectivity index (χ1n) is 7.77. The molecule has 0 aromatic carbocycles. The van der Waals surface area contributed by atoms with Crippen LogP contribution in [0.5, 0.6) is 0 Å². The molecular formula is C16H24ClFN2O2S. The van der Waals surface area contributed by atoms with Crippen LogP contribution in [0.25, 0.3) is 0 Å². The fourth-order valence-corrected chi connectivity index (χ4v) is 3.83. The second-order valence-electron chi connectivity index (χ2n) is 7.15. The first kappa shape index (κ1) is 18.9. The summed E-state index contributed by atoms with van der Waals surface area (Å²) in [4.78, 5) is 4.06. The molecule has 1 aromatic rings. The number of hydrogen-bond donors (Lipinski definition) is 2. The summed E-state index contributed by atoms with van der Waals surface area (Å²) in [6.07, 6.45) is 3.42. The molecule has 23 heavy (non-hydrogen) atoms. The van der Waals surface area contributed by atoms with Gasteiger partial charge in [0.15, 0.2) is 0 Å². The normalized spacial score (nSPS) is 28.4. The summed E-state index contributed by atoms with van der Waals surface area (Å²) >= 11 is 4.63. The number of nitrogens with one attached hydrogen (secondary N) is 1. The molecule has 1 aromatic heterocycles. The van der Waals surface area contributed by atoms with Gasteiger partial charge in [-0.25, -0.2) is 4.39 Å². The Bertz CT molecular complexity index is 533. The Hall–Kier alpha value is -0.400. The second-order valence-corrected chi connectivity index (χ2v) is 9.58. The van der Waals surface area contributed by atoms with Crippen molar-refractivity contribution in [2.45, 2.75) is 69.0 Å². The lowest BCUT2D eigenvalue weighted by Crippen LogP contribution is -2.51. The van der Waals surface area contributed by atoms with Crippen molar-refractivity contribution in [2.24, 2.45) is 0 Å². The van der Waals surface area contributed by atoms with Gasteiger partial charge < -0.3 is 9.66 Å². The largest absolute Gasteiger partial charge is 0.598 e. The van der Waals surface area contributed by atoms with Gasteiger partial charge in [0.2, 0.25) is 0 Å². The molecule has 0 bridgehead atoms. The number of aliphatic hydroxyl groups is 1. The van der Waals surface area contributed by atoms with Gasteiger partial charge in [0, 0.05) is 23.8 Å². The third-order valence-electron chi connectivity index (χ3n) is 4.16. The number of alkyl halides is 1. The van der Waals surface area contributed by atoms with E-state index in [0.29, 0.717) is 36.3 Å². The van der Waals surface area contributed by atoms with Gasteiger partial charge >= 0.3 is 0 Å². The molecule has 1 aliphatic rings. The average molecular weight is 363 g/mol. The minimum atomic E-state index is -1.39. The molecule has 0 aliphatic heterocycles. The van der Waals surface area contributed by atoms with Crippen LogP contribution in [0.2, 0.25) is 5.02 Å². The van der Waals surface area contributed by atoms with Crippen molar-refractivity contribution < 1.29 is 14.0 Å². The van der Waals surface area contributed by atoms with Gasteiger partial charge in [0.1, 0.15) is 17.0 Å². The summed E-state index contributed by atoms with van der Waals surface area (Å²) in [7, 11) is 0. The molecule has 4 nitrogen and oxygen atoms in total. The minimum absolute atomic E-state index is 0.296. The third-order valence-corrected chi connectivity index (χ3v) is 5.93. The lowest BCUT2D eigenvalue weighted by molar-refractivity contribution is -0.0409. The molecule has 0 amide bonds. The zero-order valence-corrected chi connectivity index (χ0v) is 15.3. The Morgan fingerprint density at radius 1 is 1.43 bits per heavy atom. The summed E-state index contributed by atoms with van der Waals surface area (Å²) in [6.45, 7) is 5.56. The van der Waals surface area contributed by atoms with Gasteiger partial charge in [-0.1, -0.05) is 11.6 Å². The maximum Gasteiger partial charge on any atom is 0.136 e. The molecule has 1 unspecified atom stereocenters. The monoisotopic (exact) mass is 362 g/mol. The van der Waals surface area contributed by atoms with E-state index in [4.69, 9.17) is 11.6 Å². The van der Waals surface area contributed by atoms with Crippen molar-refractivity contribution in [3.63, 3.8) is 0 Å². The van der Waals surface area contributed by atoms with Crippen molar-refractivity contribution >= 4 is 23.0 Å². The van der Waals surface area contributed by atoms with E-state index in [1.54, 1.807) is 12.3 Å². The van der Waals surface area contributed by atoms with Crippen molar-refractivity contribution in [1.82, 2.24) is 9.71 Å². The summed E-state index contributed by atoms with van der Waals surface area (Å²) in [5.74, 6) is 0. The molecule has 1 saturated carbocycles. The van der Waals surface area contributed by atoms with E-state index in [1.807, 2.05) is 20.8 Å². The summed E-state index contributed by atoms with van der Waals surface area (Å²) in [5.41, 5.74) is -0.509. The quantitative estimate of drug-likeness (QED) is 0.805. The average Bonchev–Trinajstić information content (AvgIpc) is 2.46. The second kappa shape index (κ2) is 7.23. The van der Waals surface area contributed by atoms with E-state index in [-0.39, 0.29) is 0 Å². The molecule has 0 spiro atoms. The van der Waals surface area contributed by atoms with Crippen molar-refractivity contribution in [3.8, 4) is 0 Å². The summed E-state index contributed by atoms with van der Waals surface area (Å²) in [5, 5.41) is 11.5. The van der Waals surface area contributed by atoms with E-state index in [1.165, 1.54) is 6.20 Å². The molecule has 2 N–H and O–H groups in total. The van der Waals surface area contributed by atoms with Crippen LogP contribution >= 0.6 is 11.6 Å². The van der Waals surface area contributed by atoms with Crippen LogP contribution in [-0.2, 0) is 11.4 Å². The summed E-state index contributed by atoms with van der Waals surface area (Å²) < 4.78 is 28.6. The van der Waals surface area contributed by atoms with Gasteiger partial charge in [0.25, 0.3) is 0 Å². The topological polar surface area (TPSA) is 68.2 Å². The highest BCUT2D eigenvalue weighted by Gasteiger charge is 2.45. The van der Waals surface area contributed by atoms with E-state index >= 15 is 0 Å². The molecule has 0 radical (unpaired) electrons. The van der Waals surface area contributed by atoms with Crippen LogP contribution in [0.1, 0.15) is 58.1 Å². The zero-order chi connectivity index (χ0) is 17.3. The molecular weight excluding hydrogens is 339 g/mol. The minimum Gasteiger partial charge on any atom is -0.598 e. The standard InChI is InChI=1S/C16H24ClFN2O2S/c1-15(2,3)23(22)20-14(11-8-12(17)10-19-9-11)16(21)6-4-13(18)5-7-16/h8-10,13-14,20-21H,4-7H2,1-3H3/t13-,14-,16-,23?/m0/s1. The Labute approximate surface area is 145 Å². The summed E-state index contributed by atoms with van der Waals surface area (Å²) in [6, 6.07) is 1.09. The lowest BCUT2D eigenvalue weighted by atomic mass is 9.77. The molecule has 1 fully saturated rings. The first-order chi connectivity index (χ1) is 10.6. The molecule has 2 atom stereocenters. The van der Waals surface area contributed by atoms with Crippen molar-refractivity contribution in [3.05, 3.63) is 29.0 Å². The number of pyridine rings is 1. The third kappa shape index (κ3) is 4.79. The van der Waals surface area contributed by atoms with Crippen LogP contribution in [0.15, 0.2) is 18.5 Å². The maximum atomic E-state index is 13.5. The highest BCUT2D eigenvalue weighted by atomic mass is 35.5. The fourth-order valence-electron chi connectivity index (χ4n) is 2.73. The van der Waals surface area contributed by atoms with Gasteiger partial charge in [0.05, 0.1) is 10.6 Å². The Morgan fingerprint density at radius 3 is 2.57 bits per heavy atom. The van der Waals surface area contributed by atoms with Gasteiger partial charge in [-0.05, 0) is 58.1 Å². The fraction of sp³-hybridized carbons (Fsp3) is 0.688. The van der Waals surface area contributed by atoms with Crippen LogP contribution in [0, 0.1) is 0 Å². The van der Waals surface area contributed by atoms with Crippen LogP contribution < -0.4 is 4.72 Å². The van der Waals surface area contributed by atoms with Gasteiger partial charge in [-0.15, -0.1) is 4.72 Å². The van der Waals surface area contributed by atoms with E-state index in [9.17, 15) is 14.0 Å². The van der Waals surface area contributed by atoms with Crippen LogP contribution in [0.4, 0.5) is 4.39 Å². The first-order valence-corrected chi connectivity index (χ1v) is 9.29. The number of rotatable bonds is 4. The highest BCUT2D eigenvalue weighted by Crippen LogP contribution is 2.40. The number of hydrogen-bond acceptors (Lipinski definition) is 4. The van der Waals surface area contributed by atoms with Crippen LogP contribution in [-0.4, -0.2) is 31.2 Å². The van der Waals surface area contributed by atoms with E-state index in [2.05, 4.69) is 9.71 Å². The predicted molar refractivity (Wildman–Crippen MR) is 91.3 cm³/mol. The van der Waals surface area contributed by atoms with E-state index < -0.39 is 33.9 Å². The Kier molecular flexibility index (Phi) is 5.95. The number of halogens is 2. The molecule has 7 heteroatoms. The van der Waals surface area contributed by atoms with Crippen molar-refractivity contribution in [1.29, 1.82) is 0 Å². The lowest BCUT2D eigenvalue weighted by Gasteiger charge is -2.41. The smallest absolute Gasteiger partial charge is 0.136 e. The maximum absolute atomic E-state index is 13.5. The zero-order valence-electron chi connectivity index (χ0n) is 13.7. The van der Waals surface area contributed by atoms with Gasteiger partial charge in [-0.2, -0.15) is 0 Å². The molecule has 1 heterocycles. The number of nitrogens with zero attached hydrogens (tertiary/aromatic N) is 1. The van der Waals surface area contributed by atoms with Crippen molar-refractivity contribution in [2.75, 3.05) is 0 Å². The van der Waals surface area contributed by atoms with E-state index in [0.717, 1.165) is 0 Å². The molecule has 0 saturated heterocycles. The Balaban J connectivity index is 2.31. The molecule has 130 valence electrons. The number of aromatic nitrogens is 1.